The number of nitrogens with one attached hydrogen (secondary N) is 1. The zero-order chi connectivity index (χ0) is 20.6. The zero-order valence-corrected chi connectivity index (χ0v) is 16.3. The Labute approximate surface area is 163 Å². The lowest BCUT2D eigenvalue weighted by atomic mass is 9.76. The van der Waals surface area contributed by atoms with Gasteiger partial charge in [-0.05, 0) is 5.41 Å². The molecule has 1 aromatic carbocycles. The quantitative estimate of drug-likeness (QED) is 0.788. The van der Waals surface area contributed by atoms with Crippen molar-refractivity contribution in [3.05, 3.63) is 41.9 Å². The first-order chi connectivity index (χ1) is 13.1. The molecule has 0 bridgehead atoms. The molecular weight excluding hydrogens is 360 g/mol. The molecule has 148 valence electrons. The van der Waals surface area contributed by atoms with Gasteiger partial charge in [0, 0.05) is 19.2 Å². The second kappa shape index (κ2) is 7.10. The number of hydrogen-bond donors (Lipinski definition) is 2. The smallest absolute Gasteiger partial charge is 0.407 e. The molecule has 2 heterocycles. The van der Waals surface area contributed by atoms with Gasteiger partial charge in [0.2, 0.25) is 0 Å². The Hall–Kier alpha value is -3.16. The summed E-state index contributed by atoms with van der Waals surface area (Å²) >= 11 is 0. The number of hydrogen-bond acceptors (Lipinski definition) is 4. The van der Waals surface area contributed by atoms with Crippen LogP contribution in [0.4, 0.5) is 4.79 Å². The first kappa shape index (κ1) is 19.6. The molecule has 2 N–H and O–H groups in total. The Morgan fingerprint density at radius 2 is 1.89 bits per heavy atom. The normalized spacial score (nSPS) is 19.1. The molecule has 0 radical (unpaired) electrons. The van der Waals surface area contributed by atoms with E-state index in [-0.39, 0.29) is 41.5 Å². The average Bonchev–Trinajstić information content (AvgIpc) is 2.93. The van der Waals surface area contributed by atoms with Crippen molar-refractivity contribution in [2.75, 3.05) is 6.54 Å². The van der Waals surface area contributed by atoms with Crippen molar-refractivity contribution in [3.8, 4) is 11.3 Å². The Kier molecular flexibility index (Phi) is 4.97. The maximum Gasteiger partial charge on any atom is 0.407 e. The maximum atomic E-state index is 13.1. The van der Waals surface area contributed by atoms with Crippen molar-refractivity contribution >= 4 is 18.3 Å². The van der Waals surface area contributed by atoms with E-state index in [4.69, 9.17) is 0 Å². The van der Waals surface area contributed by atoms with Crippen LogP contribution in [0.1, 0.15) is 41.9 Å². The molecule has 2 aromatic rings. The van der Waals surface area contributed by atoms with Crippen molar-refractivity contribution in [1.82, 2.24) is 19.8 Å². The Bertz CT molecular complexity index is 914. The van der Waals surface area contributed by atoms with E-state index in [1.54, 1.807) is 7.05 Å². The Morgan fingerprint density at radius 1 is 1.25 bits per heavy atom. The van der Waals surface area contributed by atoms with E-state index < -0.39 is 6.09 Å². The van der Waals surface area contributed by atoms with Gasteiger partial charge in [0.1, 0.15) is 11.4 Å². The highest BCUT2D eigenvalue weighted by atomic mass is 16.4. The van der Waals surface area contributed by atoms with Crippen LogP contribution in [0.15, 0.2) is 30.3 Å². The van der Waals surface area contributed by atoms with Gasteiger partial charge in [0.15, 0.2) is 12.1 Å². The van der Waals surface area contributed by atoms with E-state index in [1.807, 2.05) is 51.1 Å². The van der Waals surface area contributed by atoms with E-state index in [9.17, 15) is 19.5 Å². The molecule has 1 aromatic heterocycles. The van der Waals surface area contributed by atoms with Crippen LogP contribution in [-0.4, -0.2) is 56.5 Å². The number of benzene rings is 1. The summed E-state index contributed by atoms with van der Waals surface area (Å²) in [4.78, 5) is 41.5. The Morgan fingerprint density at radius 3 is 2.43 bits per heavy atom. The number of carbonyl (C=O) groups excluding carboxylic acids is 2. The van der Waals surface area contributed by atoms with Crippen molar-refractivity contribution in [2.24, 2.45) is 12.5 Å². The topological polar surface area (TPSA) is 105 Å². The van der Waals surface area contributed by atoms with E-state index in [0.717, 1.165) is 5.56 Å². The lowest BCUT2D eigenvalue weighted by molar-refractivity contribution is -0.0107. The zero-order valence-electron chi connectivity index (χ0n) is 16.3. The number of nitrogens with zero attached hydrogens (tertiary/aromatic N) is 3. The van der Waals surface area contributed by atoms with Gasteiger partial charge >= 0.3 is 6.09 Å². The van der Waals surface area contributed by atoms with Crippen molar-refractivity contribution in [2.45, 2.75) is 32.9 Å². The van der Waals surface area contributed by atoms with Gasteiger partial charge in [-0.25, -0.2) is 9.78 Å². The van der Waals surface area contributed by atoms with Crippen LogP contribution in [0.5, 0.6) is 0 Å². The van der Waals surface area contributed by atoms with Gasteiger partial charge in [-0.2, -0.15) is 0 Å². The third-order valence-corrected chi connectivity index (χ3v) is 5.06. The fraction of sp³-hybridized carbons (Fsp3) is 0.400. The molecule has 2 amide bonds. The molecule has 0 spiro atoms. The van der Waals surface area contributed by atoms with Crippen LogP contribution < -0.4 is 5.32 Å². The van der Waals surface area contributed by atoms with Crippen LogP contribution in [0, 0.1) is 5.41 Å². The summed E-state index contributed by atoms with van der Waals surface area (Å²) in [6.07, 6.45) is -0.393. The van der Waals surface area contributed by atoms with Crippen LogP contribution in [0.3, 0.4) is 0 Å². The van der Waals surface area contributed by atoms with Crippen molar-refractivity contribution in [1.29, 1.82) is 0 Å². The van der Waals surface area contributed by atoms with Crippen molar-refractivity contribution in [3.63, 3.8) is 0 Å². The molecule has 2 atom stereocenters. The minimum atomic E-state index is -1.00. The molecule has 1 saturated heterocycles. The predicted molar refractivity (Wildman–Crippen MR) is 103 cm³/mol. The number of aromatic nitrogens is 2. The largest absolute Gasteiger partial charge is 0.465 e. The molecule has 0 aliphatic carbocycles. The number of amides is 2. The van der Waals surface area contributed by atoms with Crippen LogP contribution in [0.25, 0.3) is 11.3 Å². The fourth-order valence-corrected chi connectivity index (χ4v) is 3.81. The van der Waals surface area contributed by atoms with Crippen LogP contribution in [0.2, 0.25) is 0 Å². The number of rotatable bonds is 4. The molecular formula is C20H24N4O4. The summed E-state index contributed by atoms with van der Waals surface area (Å²) < 4.78 is 1.46. The van der Waals surface area contributed by atoms with Gasteiger partial charge in [-0.15, -0.1) is 0 Å². The molecule has 1 aliphatic heterocycles. The molecule has 3 rings (SSSR count). The molecule has 1 aliphatic rings. The monoisotopic (exact) mass is 384 g/mol. The number of aldehydes is 1. The van der Waals surface area contributed by atoms with Crippen LogP contribution in [-0.2, 0) is 7.05 Å². The number of carboxylic acid groups (broad SMARTS) is 1. The van der Waals surface area contributed by atoms with Gasteiger partial charge in [-0.3, -0.25) is 9.59 Å². The SMILES string of the molecule is Cn1c(C=O)nc(-c2ccccc2)c1C(=O)NC1CN(C(=O)O)C1C(C)(C)C. The molecule has 8 heteroatoms. The van der Waals surface area contributed by atoms with E-state index in [2.05, 4.69) is 10.3 Å². The molecule has 8 nitrogen and oxygen atoms in total. The minimum absolute atomic E-state index is 0.150. The Balaban J connectivity index is 1.92. The third-order valence-electron chi connectivity index (χ3n) is 5.06. The first-order valence-corrected chi connectivity index (χ1v) is 9.03. The molecule has 0 saturated carbocycles. The summed E-state index contributed by atoms with van der Waals surface area (Å²) in [5.41, 5.74) is 1.08. The van der Waals surface area contributed by atoms with E-state index in [0.29, 0.717) is 12.0 Å². The summed E-state index contributed by atoms with van der Waals surface area (Å²) in [7, 11) is 1.61. The summed E-state index contributed by atoms with van der Waals surface area (Å²) in [6, 6.07) is 8.50. The lowest BCUT2D eigenvalue weighted by Gasteiger charge is -2.52. The summed E-state index contributed by atoms with van der Waals surface area (Å²) in [5, 5.41) is 12.3. The van der Waals surface area contributed by atoms with Gasteiger partial charge in [-0.1, -0.05) is 51.1 Å². The second-order valence-electron chi connectivity index (χ2n) is 8.04. The van der Waals surface area contributed by atoms with Gasteiger partial charge < -0.3 is 19.9 Å². The van der Waals surface area contributed by atoms with Crippen molar-refractivity contribution < 1.29 is 19.5 Å². The number of likely N-dealkylation sites (tertiary alicyclic amines) is 1. The minimum Gasteiger partial charge on any atom is -0.465 e. The highest BCUT2D eigenvalue weighted by Crippen LogP contribution is 2.34. The highest BCUT2D eigenvalue weighted by molar-refractivity contribution is 6.00. The summed E-state index contributed by atoms with van der Waals surface area (Å²) in [6.45, 7) is 6.05. The third kappa shape index (κ3) is 3.37. The second-order valence-corrected chi connectivity index (χ2v) is 8.04. The molecule has 1 fully saturated rings. The van der Waals surface area contributed by atoms with E-state index in [1.165, 1.54) is 9.47 Å². The van der Waals surface area contributed by atoms with Gasteiger partial charge in [0.05, 0.1) is 12.1 Å². The highest BCUT2D eigenvalue weighted by Gasteiger charge is 2.49. The van der Waals surface area contributed by atoms with Gasteiger partial charge in [0.25, 0.3) is 5.91 Å². The van der Waals surface area contributed by atoms with Crippen LogP contribution >= 0.6 is 0 Å². The molecule has 28 heavy (non-hydrogen) atoms. The summed E-state index contributed by atoms with van der Waals surface area (Å²) in [5.74, 6) is -0.233. The molecule has 2 unspecified atom stereocenters. The first-order valence-electron chi connectivity index (χ1n) is 9.03. The fourth-order valence-electron chi connectivity index (χ4n) is 3.81. The maximum absolute atomic E-state index is 13.1. The standard InChI is InChI=1S/C20H24N4O4/c1-20(2,3)17-13(10-24(17)19(27)28)21-18(26)16-15(12-8-6-5-7-9-12)22-14(11-25)23(16)4/h5-9,11,13,17H,10H2,1-4H3,(H,21,26)(H,27,28). The lowest BCUT2D eigenvalue weighted by Crippen LogP contribution is -2.71. The average molecular weight is 384 g/mol. The number of carbonyl (C=O) groups is 3. The number of imidazole rings is 1. The van der Waals surface area contributed by atoms with E-state index >= 15 is 0 Å². The predicted octanol–water partition coefficient (Wildman–Crippen LogP) is 2.41.